The van der Waals surface area contributed by atoms with Crippen LogP contribution in [0.1, 0.15) is 46.0 Å². The highest BCUT2D eigenvalue weighted by Gasteiger charge is 2.35. The van der Waals surface area contributed by atoms with Crippen molar-refractivity contribution in [2.24, 2.45) is 0 Å². The number of imide groups is 1. The van der Waals surface area contributed by atoms with Crippen LogP contribution in [0.5, 0.6) is 0 Å². The molecule has 30 heavy (non-hydrogen) atoms. The van der Waals surface area contributed by atoms with Crippen LogP contribution in [0.4, 0.5) is 11.4 Å². The molecule has 0 bridgehead atoms. The first-order valence-corrected chi connectivity index (χ1v) is 10.5. The second-order valence-corrected chi connectivity index (χ2v) is 8.28. The maximum Gasteiger partial charge on any atom is 0.261 e. The van der Waals surface area contributed by atoms with Crippen molar-refractivity contribution in [3.05, 3.63) is 57.6 Å². The van der Waals surface area contributed by atoms with Gasteiger partial charge in [0.05, 0.1) is 11.1 Å². The van der Waals surface area contributed by atoms with Gasteiger partial charge in [-0.05, 0) is 54.8 Å². The number of anilines is 2. The third-order valence-corrected chi connectivity index (χ3v) is 5.85. The Labute approximate surface area is 182 Å². The Morgan fingerprint density at radius 1 is 1.07 bits per heavy atom. The highest BCUT2D eigenvalue weighted by molar-refractivity contribution is 9.10. The molecule has 154 valence electrons. The summed E-state index contributed by atoms with van der Waals surface area (Å²) < 4.78 is 0.720. The summed E-state index contributed by atoms with van der Waals surface area (Å²) in [6.07, 6.45) is 1.72. The van der Waals surface area contributed by atoms with E-state index in [-0.39, 0.29) is 36.6 Å². The van der Waals surface area contributed by atoms with Crippen molar-refractivity contribution in [1.82, 2.24) is 4.90 Å². The molecule has 0 spiro atoms. The molecule has 0 saturated carbocycles. The quantitative estimate of drug-likeness (QED) is 0.695. The van der Waals surface area contributed by atoms with Crippen LogP contribution in [0.15, 0.2) is 40.9 Å². The van der Waals surface area contributed by atoms with E-state index in [9.17, 15) is 19.2 Å². The second kappa shape index (κ2) is 8.02. The van der Waals surface area contributed by atoms with Gasteiger partial charge in [0, 0.05) is 42.3 Å². The Bertz CT molecular complexity index is 1080. The van der Waals surface area contributed by atoms with Gasteiger partial charge in [-0.3, -0.25) is 24.1 Å². The van der Waals surface area contributed by atoms with Crippen LogP contribution in [0.25, 0.3) is 0 Å². The Balaban J connectivity index is 1.40. The zero-order valence-corrected chi connectivity index (χ0v) is 18.0. The minimum absolute atomic E-state index is 0.000657. The molecule has 0 aliphatic carbocycles. The number of benzene rings is 2. The summed E-state index contributed by atoms with van der Waals surface area (Å²) in [5.41, 5.74) is 3.23. The number of nitrogens with one attached hydrogen (secondary N) is 1. The first-order chi connectivity index (χ1) is 14.3. The van der Waals surface area contributed by atoms with Gasteiger partial charge in [-0.2, -0.15) is 0 Å². The molecule has 0 unspecified atom stereocenters. The number of rotatable bonds is 4. The molecule has 2 aromatic carbocycles. The zero-order valence-electron chi connectivity index (χ0n) is 16.4. The number of aryl methyl sites for hydroxylation is 1. The molecule has 2 aliphatic heterocycles. The highest BCUT2D eigenvalue weighted by Crippen LogP contribution is 2.30. The lowest BCUT2D eigenvalue weighted by molar-refractivity contribution is -0.117. The van der Waals surface area contributed by atoms with Gasteiger partial charge < -0.3 is 10.2 Å². The first-order valence-electron chi connectivity index (χ1n) is 9.72. The van der Waals surface area contributed by atoms with Gasteiger partial charge in [-0.1, -0.05) is 15.9 Å². The van der Waals surface area contributed by atoms with Gasteiger partial charge in [0.1, 0.15) is 0 Å². The number of halogens is 1. The van der Waals surface area contributed by atoms with E-state index >= 15 is 0 Å². The van der Waals surface area contributed by atoms with Gasteiger partial charge in [-0.15, -0.1) is 0 Å². The van der Waals surface area contributed by atoms with E-state index in [1.54, 1.807) is 36.1 Å². The molecule has 2 heterocycles. The number of amides is 4. The van der Waals surface area contributed by atoms with Crippen LogP contribution in [0.3, 0.4) is 0 Å². The average Bonchev–Trinajstić information content (AvgIpc) is 2.95. The molecular formula is C22H20BrN3O4. The fourth-order valence-corrected chi connectivity index (χ4v) is 4.27. The van der Waals surface area contributed by atoms with Crippen molar-refractivity contribution >= 4 is 50.9 Å². The topological polar surface area (TPSA) is 86.8 Å². The van der Waals surface area contributed by atoms with Gasteiger partial charge >= 0.3 is 0 Å². The second-order valence-electron chi connectivity index (χ2n) is 7.37. The summed E-state index contributed by atoms with van der Waals surface area (Å²) in [4.78, 5) is 52.0. The molecule has 2 aromatic rings. The van der Waals surface area contributed by atoms with Crippen LogP contribution in [-0.4, -0.2) is 41.6 Å². The lowest BCUT2D eigenvalue weighted by Gasteiger charge is -2.29. The number of nitrogens with zero attached hydrogens (tertiary/aromatic N) is 2. The smallest absolute Gasteiger partial charge is 0.261 e. The molecule has 4 amide bonds. The molecule has 0 saturated heterocycles. The maximum atomic E-state index is 12.5. The lowest BCUT2D eigenvalue weighted by atomic mass is 10.0. The Hall–Kier alpha value is -3.00. The standard InChI is InChI=1S/C22H20BrN3O4/c1-13(27)25-9-2-3-14-11-16(5-7-19(14)25)24-20(28)8-10-26-21(29)17-6-4-15(23)12-18(17)22(26)30/h4-7,11-12H,2-3,8-10H2,1H3,(H,24,28). The molecule has 2 aliphatic rings. The van der Waals surface area contributed by atoms with E-state index in [0.29, 0.717) is 23.4 Å². The Morgan fingerprint density at radius 3 is 2.60 bits per heavy atom. The van der Waals surface area contributed by atoms with Crippen molar-refractivity contribution in [2.75, 3.05) is 23.3 Å². The monoisotopic (exact) mass is 469 g/mol. The molecule has 8 heteroatoms. The maximum absolute atomic E-state index is 12.5. The molecule has 0 fully saturated rings. The Morgan fingerprint density at radius 2 is 1.83 bits per heavy atom. The summed E-state index contributed by atoms with van der Waals surface area (Å²) in [7, 11) is 0. The van der Waals surface area contributed by atoms with Crippen molar-refractivity contribution in [3.8, 4) is 0 Å². The van der Waals surface area contributed by atoms with Crippen LogP contribution < -0.4 is 10.2 Å². The first kappa shape index (κ1) is 20.3. The van der Waals surface area contributed by atoms with E-state index in [2.05, 4.69) is 21.2 Å². The molecule has 0 atom stereocenters. The number of carbonyl (C=O) groups is 4. The molecule has 0 radical (unpaired) electrons. The van der Waals surface area contributed by atoms with E-state index in [1.165, 1.54) is 0 Å². The van der Waals surface area contributed by atoms with E-state index < -0.39 is 0 Å². The molecule has 1 N–H and O–H groups in total. The van der Waals surface area contributed by atoms with Gasteiger partial charge in [0.25, 0.3) is 11.8 Å². The third kappa shape index (κ3) is 3.75. The van der Waals surface area contributed by atoms with Gasteiger partial charge in [0.2, 0.25) is 11.8 Å². The van der Waals surface area contributed by atoms with Crippen LogP contribution in [0, 0.1) is 0 Å². The van der Waals surface area contributed by atoms with Gasteiger partial charge in [-0.25, -0.2) is 0 Å². The molecule has 0 aromatic heterocycles. The zero-order chi connectivity index (χ0) is 21.4. The minimum atomic E-state index is -0.387. The summed E-state index contributed by atoms with van der Waals surface area (Å²) in [5, 5.41) is 2.82. The summed E-state index contributed by atoms with van der Waals surface area (Å²) >= 11 is 3.30. The fourth-order valence-electron chi connectivity index (χ4n) is 3.90. The Kier molecular flexibility index (Phi) is 5.42. The van der Waals surface area contributed by atoms with Crippen molar-refractivity contribution < 1.29 is 19.2 Å². The van der Waals surface area contributed by atoms with Crippen molar-refractivity contribution in [3.63, 3.8) is 0 Å². The summed E-state index contributed by atoms with van der Waals surface area (Å²) in [6.45, 7) is 2.26. The predicted octanol–water partition coefficient (Wildman–Crippen LogP) is 3.37. The largest absolute Gasteiger partial charge is 0.326 e. The summed E-state index contributed by atoms with van der Waals surface area (Å²) in [6, 6.07) is 10.4. The number of hydrogen-bond acceptors (Lipinski definition) is 4. The number of hydrogen-bond donors (Lipinski definition) is 1. The molecule has 4 rings (SSSR count). The molecular weight excluding hydrogens is 450 g/mol. The normalized spacial score (nSPS) is 15.1. The van der Waals surface area contributed by atoms with Crippen LogP contribution >= 0.6 is 15.9 Å². The van der Waals surface area contributed by atoms with E-state index in [1.807, 2.05) is 12.1 Å². The molecule has 7 nitrogen and oxygen atoms in total. The lowest BCUT2D eigenvalue weighted by Crippen LogP contribution is -2.33. The van der Waals surface area contributed by atoms with Crippen molar-refractivity contribution in [1.29, 1.82) is 0 Å². The third-order valence-electron chi connectivity index (χ3n) is 5.36. The average molecular weight is 470 g/mol. The van der Waals surface area contributed by atoms with E-state index in [4.69, 9.17) is 0 Å². The number of fused-ring (bicyclic) bond motifs is 2. The summed E-state index contributed by atoms with van der Waals surface area (Å²) in [5.74, 6) is -1.05. The highest BCUT2D eigenvalue weighted by atomic mass is 79.9. The fraction of sp³-hybridized carbons (Fsp3) is 0.273. The van der Waals surface area contributed by atoms with Crippen molar-refractivity contribution in [2.45, 2.75) is 26.2 Å². The van der Waals surface area contributed by atoms with Crippen LogP contribution in [-0.2, 0) is 16.0 Å². The van der Waals surface area contributed by atoms with Crippen LogP contribution in [0.2, 0.25) is 0 Å². The minimum Gasteiger partial charge on any atom is -0.326 e. The SMILES string of the molecule is CC(=O)N1CCCc2cc(NC(=O)CCN3C(=O)c4ccc(Br)cc4C3=O)ccc21. The number of carbonyl (C=O) groups excluding carboxylic acids is 4. The van der Waals surface area contributed by atoms with E-state index in [0.717, 1.165) is 33.5 Å². The predicted molar refractivity (Wildman–Crippen MR) is 116 cm³/mol. The van der Waals surface area contributed by atoms with Gasteiger partial charge in [0.15, 0.2) is 0 Å².